The number of nitrogens with one attached hydrogen (secondary N) is 1. The smallest absolute Gasteiger partial charge is 0.243 e. The van der Waals surface area contributed by atoms with Gasteiger partial charge in [0, 0.05) is 5.39 Å². The molecule has 0 unspecified atom stereocenters. The number of hydrogen-bond acceptors (Lipinski definition) is 4. The average Bonchev–Trinajstić information content (AvgIpc) is 2.71. The quantitative estimate of drug-likeness (QED) is 0.670. The zero-order chi connectivity index (χ0) is 19.7. The number of benzene rings is 2. The van der Waals surface area contributed by atoms with E-state index in [1.165, 1.54) is 27.5 Å². The molecule has 1 aromatic heterocycles. The Morgan fingerprint density at radius 1 is 1.04 bits per heavy atom. The van der Waals surface area contributed by atoms with E-state index in [0.717, 1.165) is 17.6 Å². The van der Waals surface area contributed by atoms with Gasteiger partial charge in [-0.1, -0.05) is 12.1 Å². The highest BCUT2D eigenvalue weighted by molar-refractivity contribution is 7.89. The van der Waals surface area contributed by atoms with Crippen molar-refractivity contribution in [3.05, 3.63) is 70.8 Å². The predicted molar refractivity (Wildman–Crippen MR) is 102 cm³/mol. The van der Waals surface area contributed by atoms with Crippen LogP contribution in [0.3, 0.4) is 0 Å². The summed E-state index contributed by atoms with van der Waals surface area (Å²) in [7, 11) is -3.63. The fourth-order valence-electron chi connectivity index (χ4n) is 3.46. The predicted octanol–water partition coefficient (Wildman–Crippen LogP) is 0.0825. The van der Waals surface area contributed by atoms with Crippen LogP contribution in [0.4, 0.5) is 4.39 Å². The third-order valence-corrected chi connectivity index (χ3v) is 6.93. The third-order valence-electron chi connectivity index (χ3n) is 5.02. The largest absolute Gasteiger partial charge is 0.314 e. The summed E-state index contributed by atoms with van der Waals surface area (Å²) < 4.78 is 41.7. The van der Waals surface area contributed by atoms with E-state index in [9.17, 15) is 17.6 Å². The van der Waals surface area contributed by atoms with Gasteiger partial charge in [0.25, 0.3) is 0 Å². The molecule has 1 fully saturated rings. The maximum Gasteiger partial charge on any atom is 0.243 e. The first kappa shape index (κ1) is 18.7. The number of sulfonamides is 1. The van der Waals surface area contributed by atoms with Crippen LogP contribution in [0.15, 0.2) is 64.4 Å². The van der Waals surface area contributed by atoms with Gasteiger partial charge in [0.05, 0.1) is 42.8 Å². The first-order chi connectivity index (χ1) is 13.4. The number of rotatable bonds is 4. The second-order valence-corrected chi connectivity index (χ2v) is 8.73. The highest BCUT2D eigenvalue weighted by Gasteiger charge is 2.30. The molecule has 0 bridgehead atoms. The van der Waals surface area contributed by atoms with E-state index >= 15 is 0 Å². The maximum atomic E-state index is 13.1. The lowest BCUT2D eigenvalue weighted by molar-refractivity contribution is -0.926. The van der Waals surface area contributed by atoms with Crippen LogP contribution in [0, 0.1) is 5.82 Å². The standard InChI is InChI=1S/C19H19FN4O3S/c20-15-5-7-16(8-6-15)28(26,27)23-11-9-22(10-12-23)14-24-18-4-2-1-3-17(18)19(25)13-21-24/h1-8,13H,9-12,14H2/p+1. The van der Waals surface area contributed by atoms with Crippen LogP contribution in [0.5, 0.6) is 0 Å². The first-order valence-electron chi connectivity index (χ1n) is 8.99. The van der Waals surface area contributed by atoms with E-state index < -0.39 is 15.8 Å². The number of para-hydroxylation sites is 1. The minimum absolute atomic E-state index is 0.102. The molecule has 146 valence electrons. The topological polar surface area (TPSA) is 76.7 Å². The van der Waals surface area contributed by atoms with E-state index in [-0.39, 0.29) is 10.3 Å². The number of piperazine rings is 1. The Bertz CT molecular complexity index is 1150. The van der Waals surface area contributed by atoms with Crippen molar-refractivity contribution < 1.29 is 17.7 Å². The van der Waals surface area contributed by atoms with Gasteiger partial charge in [-0.15, -0.1) is 0 Å². The van der Waals surface area contributed by atoms with Crippen molar-refractivity contribution in [2.45, 2.75) is 11.6 Å². The number of halogens is 1. The van der Waals surface area contributed by atoms with Crippen molar-refractivity contribution in [1.82, 2.24) is 14.1 Å². The highest BCUT2D eigenvalue weighted by atomic mass is 32.2. The molecule has 3 aromatic rings. The molecule has 2 aromatic carbocycles. The van der Waals surface area contributed by atoms with Gasteiger partial charge in [0.2, 0.25) is 15.5 Å². The summed E-state index contributed by atoms with van der Waals surface area (Å²) >= 11 is 0. The monoisotopic (exact) mass is 403 g/mol. The van der Waals surface area contributed by atoms with Gasteiger partial charge < -0.3 is 4.90 Å². The molecule has 9 heteroatoms. The first-order valence-corrected chi connectivity index (χ1v) is 10.4. The summed E-state index contributed by atoms with van der Waals surface area (Å²) in [6.07, 6.45) is 1.32. The molecule has 4 rings (SSSR count). The molecule has 0 saturated carbocycles. The summed E-state index contributed by atoms with van der Waals surface area (Å²) in [5, 5.41) is 4.86. The SMILES string of the molecule is O=c1cnn(C[NH+]2CCN(S(=O)(=O)c3ccc(F)cc3)CC2)c2ccccc12. The van der Waals surface area contributed by atoms with Crippen molar-refractivity contribution in [3.8, 4) is 0 Å². The Labute approximate surface area is 161 Å². The minimum atomic E-state index is -3.63. The zero-order valence-electron chi connectivity index (χ0n) is 15.1. The summed E-state index contributed by atoms with van der Waals surface area (Å²) in [4.78, 5) is 13.2. The number of hydrogen-bond donors (Lipinski definition) is 1. The normalized spacial score (nSPS) is 16.5. The highest BCUT2D eigenvalue weighted by Crippen LogP contribution is 2.16. The van der Waals surface area contributed by atoms with E-state index in [1.54, 1.807) is 10.7 Å². The van der Waals surface area contributed by atoms with E-state index in [4.69, 9.17) is 0 Å². The van der Waals surface area contributed by atoms with Gasteiger partial charge >= 0.3 is 0 Å². The average molecular weight is 403 g/mol. The number of quaternary nitrogens is 1. The fourth-order valence-corrected chi connectivity index (χ4v) is 4.90. The van der Waals surface area contributed by atoms with Crippen LogP contribution >= 0.6 is 0 Å². The Morgan fingerprint density at radius 3 is 2.43 bits per heavy atom. The van der Waals surface area contributed by atoms with Crippen LogP contribution < -0.4 is 10.3 Å². The maximum absolute atomic E-state index is 13.1. The zero-order valence-corrected chi connectivity index (χ0v) is 15.9. The number of aromatic nitrogens is 2. The third kappa shape index (κ3) is 3.56. The van der Waals surface area contributed by atoms with Crippen LogP contribution in [0.25, 0.3) is 10.9 Å². The molecular weight excluding hydrogens is 383 g/mol. The molecule has 0 spiro atoms. The van der Waals surface area contributed by atoms with E-state index in [0.29, 0.717) is 38.2 Å². The van der Waals surface area contributed by atoms with Gasteiger partial charge in [-0.3, -0.25) is 4.79 Å². The van der Waals surface area contributed by atoms with Gasteiger partial charge in [-0.05, 0) is 36.4 Å². The Balaban J connectivity index is 1.47. The molecule has 1 aliphatic heterocycles. The Kier molecular flexibility index (Phi) is 4.96. The van der Waals surface area contributed by atoms with E-state index in [2.05, 4.69) is 5.10 Å². The van der Waals surface area contributed by atoms with Gasteiger partial charge in [0.15, 0.2) is 6.67 Å². The lowest BCUT2D eigenvalue weighted by atomic mass is 10.2. The lowest BCUT2D eigenvalue weighted by Crippen LogP contribution is -3.14. The number of nitrogens with zero attached hydrogens (tertiary/aromatic N) is 3. The Hall–Kier alpha value is -2.62. The summed E-state index contributed by atoms with van der Waals surface area (Å²) in [5.41, 5.74) is 0.654. The molecule has 28 heavy (non-hydrogen) atoms. The van der Waals surface area contributed by atoms with Crippen LogP contribution in [-0.2, 0) is 16.7 Å². The van der Waals surface area contributed by atoms with Crippen molar-refractivity contribution in [1.29, 1.82) is 0 Å². The second kappa shape index (κ2) is 7.42. The van der Waals surface area contributed by atoms with Crippen molar-refractivity contribution >= 4 is 20.9 Å². The van der Waals surface area contributed by atoms with Crippen LogP contribution in [-0.4, -0.2) is 48.7 Å². The van der Waals surface area contributed by atoms with Crippen LogP contribution in [0.1, 0.15) is 0 Å². The summed E-state index contributed by atoms with van der Waals surface area (Å²) in [5.74, 6) is -0.464. The molecule has 0 aliphatic carbocycles. The Morgan fingerprint density at radius 2 is 1.71 bits per heavy atom. The van der Waals surface area contributed by atoms with Gasteiger partial charge in [-0.2, -0.15) is 9.40 Å². The van der Waals surface area contributed by atoms with Crippen molar-refractivity contribution in [2.75, 3.05) is 26.2 Å². The molecule has 1 aliphatic rings. The summed E-state index contributed by atoms with van der Waals surface area (Å²) in [6, 6.07) is 12.2. The van der Waals surface area contributed by atoms with E-state index in [1.807, 2.05) is 18.2 Å². The minimum Gasteiger partial charge on any atom is -0.314 e. The van der Waals surface area contributed by atoms with Crippen LogP contribution in [0.2, 0.25) is 0 Å². The molecule has 2 heterocycles. The molecule has 1 saturated heterocycles. The van der Waals surface area contributed by atoms with Crippen molar-refractivity contribution in [3.63, 3.8) is 0 Å². The van der Waals surface area contributed by atoms with Crippen molar-refractivity contribution in [2.24, 2.45) is 0 Å². The second-order valence-electron chi connectivity index (χ2n) is 6.79. The number of fused-ring (bicyclic) bond motifs is 1. The molecule has 1 N–H and O–H groups in total. The lowest BCUT2D eigenvalue weighted by Gasteiger charge is -2.31. The van der Waals surface area contributed by atoms with Gasteiger partial charge in [-0.25, -0.2) is 17.5 Å². The van der Waals surface area contributed by atoms with Gasteiger partial charge in [0.1, 0.15) is 5.82 Å². The molecule has 0 atom stereocenters. The molecule has 0 amide bonds. The summed E-state index contributed by atoms with van der Waals surface area (Å²) in [6.45, 7) is 2.51. The molecular formula is C19H20FN4O3S+. The molecule has 0 radical (unpaired) electrons. The molecule has 7 nitrogen and oxygen atoms in total. The fraction of sp³-hybridized carbons (Fsp3) is 0.263.